The second-order valence-electron chi connectivity index (χ2n) is 6.84. The van der Waals surface area contributed by atoms with Crippen molar-refractivity contribution in [3.05, 3.63) is 53.1 Å². The zero-order chi connectivity index (χ0) is 15.0. The number of hydrogen-bond acceptors (Lipinski definition) is 1. The van der Waals surface area contributed by atoms with E-state index in [1.165, 1.54) is 19.3 Å². The van der Waals surface area contributed by atoms with Crippen molar-refractivity contribution in [2.45, 2.75) is 33.1 Å². The molecule has 2 fully saturated rings. The third kappa shape index (κ3) is 2.55. The predicted molar refractivity (Wildman–Crippen MR) is 85.1 cm³/mol. The van der Waals surface area contributed by atoms with Crippen LogP contribution in [0.1, 0.15) is 49.0 Å². The van der Waals surface area contributed by atoms with Gasteiger partial charge in [0, 0.05) is 0 Å². The van der Waals surface area contributed by atoms with E-state index in [0.717, 1.165) is 17.4 Å². The smallest absolute Gasteiger partial charge is 0.335 e. The lowest BCUT2D eigenvalue weighted by Crippen LogP contribution is -2.22. The molecular weight excluding hydrogens is 260 g/mol. The summed E-state index contributed by atoms with van der Waals surface area (Å²) in [4.78, 5) is 10.8. The Kier molecular flexibility index (Phi) is 3.48. The first-order valence-corrected chi connectivity index (χ1v) is 7.70. The molecule has 2 atom stereocenters. The van der Waals surface area contributed by atoms with E-state index in [-0.39, 0.29) is 0 Å². The van der Waals surface area contributed by atoms with Gasteiger partial charge in [-0.15, -0.1) is 0 Å². The standard InChI is InChI=1S/C19H22O2/c1-19(2)16-11-10-15(12-16)17(19)5-3-4-13-6-8-14(9-7-13)18(20)21/h3-9,15-16H,10-12H2,1-2H3,(H,20,21). The van der Waals surface area contributed by atoms with Crippen molar-refractivity contribution in [3.63, 3.8) is 0 Å². The molecule has 0 amide bonds. The Morgan fingerprint density at radius 2 is 1.95 bits per heavy atom. The molecule has 0 saturated heterocycles. The lowest BCUT2D eigenvalue weighted by Gasteiger charge is -2.32. The lowest BCUT2D eigenvalue weighted by molar-refractivity contribution is 0.0697. The number of rotatable bonds is 3. The molecule has 0 aliphatic heterocycles. The fraction of sp³-hybridized carbons (Fsp3) is 0.421. The first kappa shape index (κ1) is 14.1. The molecule has 2 aliphatic carbocycles. The summed E-state index contributed by atoms with van der Waals surface area (Å²) >= 11 is 0. The van der Waals surface area contributed by atoms with Gasteiger partial charge in [0.15, 0.2) is 0 Å². The SMILES string of the molecule is CC1(C)C(=CC=Cc2ccc(C(=O)O)cc2)C2CCC1C2. The van der Waals surface area contributed by atoms with E-state index in [0.29, 0.717) is 11.0 Å². The topological polar surface area (TPSA) is 37.3 Å². The minimum Gasteiger partial charge on any atom is -0.478 e. The molecule has 2 saturated carbocycles. The summed E-state index contributed by atoms with van der Waals surface area (Å²) < 4.78 is 0. The van der Waals surface area contributed by atoms with E-state index >= 15 is 0 Å². The molecule has 0 radical (unpaired) electrons. The largest absolute Gasteiger partial charge is 0.478 e. The summed E-state index contributed by atoms with van der Waals surface area (Å²) in [5, 5.41) is 8.89. The van der Waals surface area contributed by atoms with Crippen LogP contribution in [-0.2, 0) is 0 Å². The predicted octanol–water partition coefficient (Wildman–Crippen LogP) is 4.78. The Balaban J connectivity index is 1.75. The molecule has 0 aromatic heterocycles. The summed E-state index contributed by atoms with van der Waals surface area (Å²) in [6.07, 6.45) is 10.6. The zero-order valence-electron chi connectivity index (χ0n) is 12.7. The lowest BCUT2D eigenvalue weighted by atomic mass is 9.72. The number of aromatic carboxylic acids is 1. The van der Waals surface area contributed by atoms with Crippen molar-refractivity contribution in [2.24, 2.45) is 17.3 Å². The van der Waals surface area contributed by atoms with Crippen molar-refractivity contribution in [3.8, 4) is 0 Å². The van der Waals surface area contributed by atoms with Crippen LogP contribution < -0.4 is 0 Å². The van der Waals surface area contributed by atoms with Gasteiger partial charge in [0.1, 0.15) is 0 Å². The maximum Gasteiger partial charge on any atom is 0.335 e. The van der Waals surface area contributed by atoms with Crippen molar-refractivity contribution in [1.29, 1.82) is 0 Å². The summed E-state index contributed by atoms with van der Waals surface area (Å²) in [5.74, 6) is 0.761. The third-order valence-corrected chi connectivity index (χ3v) is 5.36. The van der Waals surface area contributed by atoms with Crippen molar-refractivity contribution in [2.75, 3.05) is 0 Å². The quantitative estimate of drug-likeness (QED) is 0.866. The van der Waals surface area contributed by atoms with Crippen LogP contribution in [0.2, 0.25) is 0 Å². The van der Waals surface area contributed by atoms with E-state index < -0.39 is 5.97 Å². The van der Waals surface area contributed by atoms with E-state index in [1.807, 2.05) is 12.1 Å². The van der Waals surface area contributed by atoms with Gasteiger partial charge in [0.2, 0.25) is 0 Å². The number of benzene rings is 1. The minimum absolute atomic E-state index is 0.333. The molecule has 110 valence electrons. The normalized spacial score (nSPS) is 28.6. The van der Waals surface area contributed by atoms with Crippen LogP contribution in [-0.4, -0.2) is 11.1 Å². The van der Waals surface area contributed by atoms with Crippen LogP contribution in [0.5, 0.6) is 0 Å². The van der Waals surface area contributed by atoms with Gasteiger partial charge < -0.3 is 5.11 Å². The highest BCUT2D eigenvalue weighted by Gasteiger charge is 2.48. The van der Waals surface area contributed by atoms with Gasteiger partial charge >= 0.3 is 5.97 Å². The van der Waals surface area contributed by atoms with E-state index in [9.17, 15) is 4.79 Å². The molecule has 1 aromatic carbocycles. The highest BCUT2D eigenvalue weighted by atomic mass is 16.4. The van der Waals surface area contributed by atoms with Crippen molar-refractivity contribution >= 4 is 12.0 Å². The first-order valence-electron chi connectivity index (χ1n) is 7.70. The Morgan fingerprint density at radius 1 is 1.24 bits per heavy atom. The van der Waals surface area contributed by atoms with E-state index in [1.54, 1.807) is 17.7 Å². The molecule has 2 unspecified atom stereocenters. The van der Waals surface area contributed by atoms with Gasteiger partial charge in [-0.1, -0.05) is 49.8 Å². The summed E-state index contributed by atoms with van der Waals surface area (Å²) in [6, 6.07) is 7.00. The number of carboxylic acid groups (broad SMARTS) is 1. The maximum atomic E-state index is 10.8. The summed E-state index contributed by atoms with van der Waals surface area (Å²) in [7, 11) is 0. The van der Waals surface area contributed by atoms with Crippen LogP contribution in [0.15, 0.2) is 42.0 Å². The number of allylic oxidation sites excluding steroid dienone is 3. The second kappa shape index (κ2) is 5.18. The molecule has 2 aliphatic rings. The molecular formula is C19H22O2. The van der Waals surface area contributed by atoms with Crippen molar-refractivity contribution in [1.82, 2.24) is 0 Å². The summed E-state index contributed by atoms with van der Waals surface area (Å²) in [6.45, 7) is 4.75. The molecule has 1 N–H and O–H groups in total. The molecule has 1 aromatic rings. The molecule has 2 heteroatoms. The minimum atomic E-state index is -0.878. The Bertz CT molecular complexity index is 605. The van der Waals surface area contributed by atoms with Gasteiger partial charge in [0.05, 0.1) is 5.56 Å². The van der Waals surface area contributed by atoms with Gasteiger partial charge in [-0.05, 0) is 54.2 Å². The average molecular weight is 282 g/mol. The van der Waals surface area contributed by atoms with Gasteiger partial charge in [-0.3, -0.25) is 0 Å². The zero-order valence-corrected chi connectivity index (χ0v) is 12.7. The first-order chi connectivity index (χ1) is 9.98. The van der Waals surface area contributed by atoms with Gasteiger partial charge in [-0.2, -0.15) is 0 Å². The Morgan fingerprint density at radius 3 is 2.52 bits per heavy atom. The number of fused-ring (bicyclic) bond motifs is 2. The molecule has 2 nitrogen and oxygen atoms in total. The fourth-order valence-electron chi connectivity index (χ4n) is 4.03. The van der Waals surface area contributed by atoms with Crippen LogP contribution in [0.3, 0.4) is 0 Å². The molecule has 3 rings (SSSR count). The second-order valence-corrected chi connectivity index (χ2v) is 6.84. The number of carbonyl (C=O) groups is 1. The Hall–Kier alpha value is -1.83. The number of carboxylic acids is 1. The van der Waals surface area contributed by atoms with Crippen LogP contribution in [0.25, 0.3) is 6.08 Å². The fourth-order valence-corrected chi connectivity index (χ4v) is 4.03. The van der Waals surface area contributed by atoms with Crippen LogP contribution in [0, 0.1) is 17.3 Å². The maximum absolute atomic E-state index is 10.8. The molecule has 21 heavy (non-hydrogen) atoms. The van der Waals surface area contributed by atoms with E-state index in [2.05, 4.69) is 32.1 Å². The molecule has 2 bridgehead atoms. The molecule has 0 heterocycles. The van der Waals surface area contributed by atoms with Gasteiger partial charge in [0.25, 0.3) is 0 Å². The van der Waals surface area contributed by atoms with Crippen molar-refractivity contribution < 1.29 is 9.90 Å². The van der Waals surface area contributed by atoms with Gasteiger partial charge in [-0.25, -0.2) is 4.79 Å². The molecule has 0 spiro atoms. The Labute approximate surface area is 126 Å². The number of hydrogen-bond donors (Lipinski definition) is 1. The monoisotopic (exact) mass is 282 g/mol. The highest BCUT2D eigenvalue weighted by Crippen LogP contribution is 2.58. The average Bonchev–Trinajstić information content (AvgIpc) is 3.01. The summed E-state index contributed by atoms with van der Waals surface area (Å²) in [5.41, 5.74) is 3.31. The third-order valence-electron chi connectivity index (χ3n) is 5.36. The highest BCUT2D eigenvalue weighted by molar-refractivity contribution is 5.87. The van der Waals surface area contributed by atoms with Crippen LogP contribution >= 0.6 is 0 Å². The van der Waals surface area contributed by atoms with E-state index in [4.69, 9.17) is 5.11 Å². The van der Waals surface area contributed by atoms with Crippen LogP contribution in [0.4, 0.5) is 0 Å².